The fourth-order valence-corrected chi connectivity index (χ4v) is 2.66. The van der Waals surface area contributed by atoms with Crippen molar-refractivity contribution in [2.24, 2.45) is 0 Å². The molecule has 0 unspecified atom stereocenters. The topological polar surface area (TPSA) is 0 Å². The lowest BCUT2D eigenvalue weighted by Crippen LogP contribution is -1.85. The van der Waals surface area contributed by atoms with Crippen molar-refractivity contribution < 1.29 is 0 Å². The van der Waals surface area contributed by atoms with Gasteiger partial charge in [-0.1, -0.05) is 26.0 Å². The summed E-state index contributed by atoms with van der Waals surface area (Å²) in [4.78, 5) is 0. The van der Waals surface area contributed by atoms with Crippen molar-refractivity contribution in [1.29, 1.82) is 0 Å². The Balaban J connectivity index is 2.70. The van der Waals surface area contributed by atoms with E-state index in [1.54, 1.807) is 0 Å². The standard InChI is InChI=1S/C12H14S/c1-3-9-7-10(4-2)12-11(8-9)5-6-13-12/h5-8H,3-4H2,1-2H3. The Morgan fingerprint density at radius 2 is 2.00 bits per heavy atom. The summed E-state index contributed by atoms with van der Waals surface area (Å²) in [5.74, 6) is 0. The van der Waals surface area contributed by atoms with Crippen LogP contribution in [0.2, 0.25) is 0 Å². The maximum atomic E-state index is 2.35. The van der Waals surface area contributed by atoms with Gasteiger partial charge >= 0.3 is 0 Å². The quantitative estimate of drug-likeness (QED) is 0.670. The number of thiophene rings is 1. The average Bonchev–Trinajstić information content (AvgIpc) is 2.63. The van der Waals surface area contributed by atoms with Crippen LogP contribution >= 0.6 is 11.3 Å². The molecule has 13 heavy (non-hydrogen) atoms. The van der Waals surface area contributed by atoms with Gasteiger partial charge in [-0.25, -0.2) is 0 Å². The van der Waals surface area contributed by atoms with E-state index >= 15 is 0 Å². The van der Waals surface area contributed by atoms with Crippen LogP contribution in [0.5, 0.6) is 0 Å². The fourth-order valence-electron chi connectivity index (χ4n) is 1.69. The molecule has 0 N–H and O–H groups in total. The lowest BCUT2D eigenvalue weighted by molar-refractivity contribution is 1.11. The third-order valence-electron chi connectivity index (χ3n) is 2.48. The molecule has 0 radical (unpaired) electrons. The Labute approximate surface area is 83.2 Å². The molecule has 1 heteroatoms. The summed E-state index contributed by atoms with van der Waals surface area (Å²) < 4.78 is 1.47. The second kappa shape index (κ2) is 3.51. The van der Waals surface area contributed by atoms with Gasteiger partial charge in [0.2, 0.25) is 0 Å². The maximum Gasteiger partial charge on any atom is 0.0374 e. The van der Waals surface area contributed by atoms with Crippen LogP contribution < -0.4 is 0 Å². The highest BCUT2D eigenvalue weighted by molar-refractivity contribution is 7.17. The van der Waals surface area contributed by atoms with E-state index in [0.717, 1.165) is 12.8 Å². The number of hydrogen-bond donors (Lipinski definition) is 0. The monoisotopic (exact) mass is 190 g/mol. The summed E-state index contributed by atoms with van der Waals surface area (Å²) in [7, 11) is 0. The number of aryl methyl sites for hydroxylation is 2. The lowest BCUT2D eigenvalue weighted by atomic mass is 10.0. The van der Waals surface area contributed by atoms with Crippen molar-refractivity contribution in [3.63, 3.8) is 0 Å². The van der Waals surface area contributed by atoms with Gasteiger partial charge in [0.1, 0.15) is 0 Å². The largest absolute Gasteiger partial charge is 0.144 e. The highest BCUT2D eigenvalue weighted by atomic mass is 32.1. The Bertz CT molecular complexity index is 412. The van der Waals surface area contributed by atoms with Crippen LogP contribution in [0.3, 0.4) is 0 Å². The van der Waals surface area contributed by atoms with Crippen LogP contribution in [0.4, 0.5) is 0 Å². The number of fused-ring (bicyclic) bond motifs is 1. The predicted molar refractivity (Wildman–Crippen MR) is 60.6 cm³/mol. The molecular formula is C12H14S. The van der Waals surface area contributed by atoms with Crippen LogP contribution in [0.25, 0.3) is 10.1 Å². The van der Waals surface area contributed by atoms with Gasteiger partial charge in [-0.3, -0.25) is 0 Å². The Hall–Kier alpha value is -0.820. The summed E-state index contributed by atoms with van der Waals surface area (Å²) in [5.41, 5.74) is 2.96. The fraction of sp³-hybridized carbons (Fsp3) is 0.333. The van der Waals surface area contributed by atoms with Gasteiger partial charge in [0.05, 0.1) is 0 Å². The average molecular weight is 190 g/mol. The smallest absolute Gasteiger partial charge is 0.0374 e. The molecule has 0 saturated carbocycles. The van der Waals surface area contributed by atoms with Crippen molar-refractivity contribution in [2.45, 2.75) is 26.7 Å². The zero-order valence-electron chi connectivity index (χ0n) is 8.13. The second-order valence-corrected chi connectivity index (χ2v) is 4.22. The van der Waals surface area contributed by atoms with Crippen molar-refractivity contribution in [3.05, 3.63) is 34.7 Å². The normalized spacial score (nSPS) is 10.9. The molecule has 2 rings (SSSR count). The van der Waals surface area contributed by atoms with Gasteiger partial charge in [0.15, 0.2) is 0 Å². The number of rotatable bonds is 2. The molecule has 0 bridgehead atoms. The molecule has 1 heterocycles. The van der Waals surface area contributed by atoms with E-state index in [9.17, 15) is 0 Å². The van der Waals surface area contributed by atoms with Gasteiger partial charge in [-0.2, -0.15) is 0 Å². The summed E-state index contributed by atoms with van der Waals surface area (Å²) >= 11 is 1.86. The Morgan fingerprint density at radius 3 is 2.69 bits per heavy atom. The summed E-state index contributed by atoms with van der Waals surface area (Å²) in [6.07, 6.45) is 2.28. The first-order valence-electron chi connectivity index (χ1n) is 4.84. The number of hydrogen-bond acceptors (Lipinski definition) is 1. The van der Waals surface area contributed by atoms with Gasteiger partial charge in [0.25, 0.3) is 0 Å². The van der Waals surface area contributed by atoms with Crippen LogP contribution in [0, 0.1) is 0 Å². The van der Waals surface area contributed by atoms with Crippen molar-refractivity contribution in [2.75, 3.05) is 0 Å². The molecule has 0 aliphatic carbocycles. The first kappa shape index (κ1) is 8.76. The molecule has 0 aliphatic heterocycles. The van der Waals surface area contributed by atoms with Crippen LogP contribution in [0.1, 0.15) is 25.0 Å². The SMILES string of the molecule is CCc1cc(CC)c2sccc2c1. The minimum Gasteiger partial charge on any atom is -0.144 e. The van der Waals surface area contributed by atoms with E-state index in [1.165, 1.54) is 21.2 Å². The zero-order valence-corrected chi connectivity index (χ0v) is 8.95. The third kappa shape index (κ3) is 1.49. The third-order valence-corrected chi connectivity index (χ3v) is 3.48. The Kier molecular flexibility index (Phi) is 2.36. The molecule has 0 spiro atoms. The second-order valence-electron chi connectivity index (χ2n) is 3.30. The lowest BCUT2D eigenvalue weighted by Gasteiger charge is -2.03. The van der Waals surface area contributed by atoms with Crippen LogP contribution in [-0.4, -0.2) is 0 Å². The van der Waals surface area contributed by atoms with Gasteiger partial charge in [0, 0.05) is 4.70 Å². The number of benzene rings is 1. The van der Waals surface area contributed by atoms with E-state index in [2.05, 4.69) is 37.4 Å². The zero-order chi connectivity index (χ0) is 9.26. The maximum absolute atomic E-state index is 2.35. The Morgan fingerprint density at radius 1 is 1.15 bits per heavy atom. The molecule has 0 amide bonds. The van der Waals surface area contributed by atoms with Gasteiger partial charge < -0.3 is 0 Å². The predicted octanol–water partition coefficient (Wildman–Crippen LogP) is 4.03. The first-order chi connectivity index (χ1) is 6.35. The van der Waals surface area contributed by atoms with E-state index < -0.39 is 0 Å². The molecule has 1 aromatic heterocycles. The highest BCUT2D eigenvalue weighted by Gasteiger charge is 2.02. The van der Waals surface area contributed by atoms with E-state index in [0.29, 0.717) is 0 Å². The van der Waals surface area contributed by atoms with Crippen LogP contribution in [-0.2, 0) is 12.8 Å². The van der Waals surface area contributed by atoms with Crippen LogP contribution in [0.15, 0.2) is 23.6 Å². The van der Waals surface area contributed by atoms with Gasteiger partial charge in [-0.15, -0.1) is 11.3 Å². The first-order valence-corrected chi connectivity index (χ1v) is 5.72. The van der Waals surface area contributed by atoms with Crippen molar-refractivity contribution >= 4 is 21.4 Å². The molecule has 0 nitrogen and oxygen atoms in total. The molecular weight excluding hydrogens is 176 g/mol. The molecule has 68 valence electrons. The molecule has 0 atom stereocenters. The summed E-state index contributed by atoms with van der Waals surface area (Å²) in [6.45, 7) is 4.45. The van der Waals surface area contributed by atoms with E-state index in [1.807, 2.05) is 11.3 Å². The molecule has 1 aromatic carbocycles. The molecule has 0 aliphatic rings. The summed E-state index contributed by atoms with van der Waals surface area (Å²) in [5, 5.41) is 3.60. The van der Waals surface area contributed by atoms with E-state index in [4.69, 9.17) is 0 Å². The minimum atomic E-state index is 1.14. The van der Waals surface area contributed by atoms with E-state index in [-0.39, 0.29) is 0 Å². The van der Waals surface area contributed by atoms with Crippen molar-refractivity contribution in [1.82, 2.24) is 0 Å². The molecule has 2 aromatic rings. The van der Waals surface area contributed by atoms with Crippen molar-refractivity contribution in [3.8, 4) is 0 Å². The van der Waals surface area contributed by atoms with Gasteiger partial charge in [-0.05, 0) is 40.8 Å². The molecule has 0 fully saturated rings. The minimum absolute atomic E-state index is 1.14. The summed E-state index contributed by atoms with van der Waals surface area (Å²) in [6, 6.07) is 6.88. The highest BCUT2D eigenvalue weighted by Crippen LogP contribution is 2.27. The molecule has 0 saturated heterocycles.